The van der Waals surface area contributed by atoms with Crippen LogP contribution < -0.4 is 5.73 Å². The maximum absolute atomic E-state index is 5.90. The first-order valence-corrected chi connectivity index (χ1v) is 5.77. The zero-order chi connectivity index (χ0) is 12.4. The molecule has 0 saturated heterocycles. The fraction of sp³-hybridized carbons (Fsp3) is 0.286. The Morgan fingerprint density at radius 3 is 2.29 bits per heavy atom. The number of anilines is 1. The molecule has 0 unspecified atom stereocenters. The quantitative estimate of drug-likeness (QED) is 0.857. The molecule has 0 fully saturated rings. The molecular weight excluding hydrogens is 210 g/mol. The first-order chi connectivity index (χ1) is 8.08. The van der Waals surface area contributed by atoms with Gasteiger partial charge in [-0.2, -0.15) is 0 Å². The number of aryl methyl sites for hydroxylation is 1. The number of rotatable bonds is 2. The van der Waals surface area contributed by atoms with E-state index in [1.54, 1.807) is 6.20 Å². The van der Waals surface area contributed by atoms with Crippen LogP contribution in [0.1, 0.15) is 31.2 Å². The van der Waals surface area contributed by atoms with Crippen LogP contribution in [-0.4, -0.2) is 9.97 Å². The third kappa shape index (κ3) is 2.44. The summed E-state index contributed by atoms with van der Waals surface area (Å²) in [7, 11) is 0. The first-order valence-electron chi connectivity index (χ1n) is 5.77. The van der Waals surface area contributed by atoms with Gasteiger partial charge >= 0.3 is 0 Å². The summed E-state index contributed by atoms with van der Waals surface area (Å²) in [5.41, 5.74) is 9.18. The average molecular weight is 227 g/mol. The highest BCUT2D eigenvalue weighted by Crippen LogP contribution is 2.25. The van der Waals surface area contributed by atoms with Gasteiger partial charge in [0.15, 0.2) is 0 Å². The van der Waals surface area contributed by atoms with Gasteiger partial charge in [-0.1, -0.05) is 38.1 Å². The summed E-state index contributed by atoms with van der Waals surface area (Å²) >= 11 is 0. The van der Waals surface area contributed by atoms with E-state index in [9.17, 15) is 0 Å². The van der Waals surface area contributed by atoms with Crippen LogP contribution in [0.2, 0.25) is 0 Å². The molecule has 1 aromatic heterocycles. The highest BCUT2D eigenvalue weighted by molar-refractivity contribution is 5.72. The molecule has 0 aliphatic rings. The fourth-order valence-electron chi connectivity index (χ4n) is 1.76. The summed E-state index contributed by atoms with van der Waals surface area (Å²) in [6, 6.07) is 8.39. The second-order valence-electron chi connectivity index (χ2n) is 4.49. The van der Waals surface area contributed by atoms with Gasteiger partial charge in [-0.3, -0.25) is 0 Å². The smallest absolute Gasteiger partial charge is 0.135 e. The minimum atomic E-state index is 0.537. The number of benzene rings is 1. The van der Waals surface area contributed by atoms with Gasteiger partial charge in [0.05, 0.1) is 0 Å². The molecule has 0 saturated carbocycles. The number of aromatic nitrogens is 2. The standard InChI is InChI=1S/C14H17N3/c1-9(2)11-4-6-12(7-5-11)13-8-16-10(3)17-14(13)15/h4-9H,1-3H3,(H2,15,16,17). The van der Waals surface area contributed by atoms with Gasteiger partial charge in [-0.25, -0.2) is 9.97 Å². The van der Waals surface area contributed by atoms with Gasteiger partial charge in [-0.15, -0.1) is 0 Å². The van der Waals surface area contributed by atoms with Crippen molar-refractivity contribution in [3.8, 4) is 11.1 Å². The Kier molecular flexibility index (Phi) is 3.09. The second-order valence-corrected chi connectivity index (χ2v) is 4.49. The van der Waals surface area contributed by atoms with Crippen LogP contribution in [0.25, 0.3) is 11.1 Å². The van der Waals surface area contributed by atoms with Crippen LogP contribution in [0.3, 0.4) is 0 Å². The van der Waals surface area contributed by atoms with Gasteiger partial charge in [0.1, 0.15) is 11.6 Å². The second kappa shape index (κ2) is 4.53. The number of hydrogen-bond acceptors (Lipinski definition) is 3. The highest BCUT2D eigenvalue weighted by atomic mass is 14.9. The molecule has 0 aliphatic heterocycles. The van der Waals surface area contributed by atoms with Crippen molar-refractivity contribution >= 4 is 5.82 Å². The Morgan fingerprint density at radius 1 is 1.12 bits per heavy atom. The SMILES string of the molecule is Cc1ncc(-c2ccc(C(C)C)cc2)c(N)n1. The monoisotopic (exact) mass is 227 g/mol. The third-order valence-corrected chi connectivity index (χ3v) is 2.83. The fourth-order valence-corrected chi connectivity index (χ4v) is 1.76. The third-order valence-electron chi connectivity index (χ3n) is 2.83. The van der Waals surface area contributed by atoms with E-state index in [0.717, 1.165) is 11.1 Å². The Morgan fingerprint density at radius 2 is 1.76 bits per heavy atom. The minimum absolute atomic E-state index is 0.537. The lowest BCUT2D eigenvalue weighted by Gasteiger charge is -2.08. The molecule has 2 rings (SSSR count). The van der Waals surface area contributed by atoms with E-state index in [1.165, 1.54) is 5.56 Å². The van der Waals surface area contributed by atoms with Gasteiger partial charge in [-0.05, 0) is 24.0 Å². The average Bonchev–Trinajstić information content (AvgIpc) is 2.29. The van der Waals surface area contributed by atoms with Crippen LogP contribution in [0, 0.1) is 6.92 Å². The molecule has 2 aromatic rings. The lowest BCUT2D eigenvalue weighted by atomic mass is 10.00. The van der Waals surface area contributed by atoms with Crippen molar-refractivity contribution in [3.05, 3.63) is 41.9 Å². The zero-order valence-electron chi connectivity index (χ0n) is 10.4. The maximum atomic E-state index is 5.90. The largest absolute Gasteiger partial charge is 0.383 e. The molecule has 0 spiro atoms. The topological polar surface area (TPSA) is 51.8 Å². The molecule has 0 aliphatic carbocycles. The van der Waals surface area contributed by atoms with Crippen molar-refractivity contribution in [3.63, 3.8) is 0 Å². The number of nitrogens with two attached hydrogens (primary N) is 1. The van der Waals surface area contributed by atoms with Crippen LogP contribution >= 0.6 is 0 Å². The summed E-state index contributed by atoms with van der Waals surface area (Å²) in [5.74, 6) is 1.77. The summed E-state index contributed by atoms with van der Waals surface area (Å²) < 4.78 is 0. The molecule has 3 nitrogen and oxygen atoms in total. The summed E-state index contributed by atoms with van der Waals surface area (Å²) in [6.45, 7) is 6.19. The van der Waals surface area contributed by atoms with E-state index in [1.807, 2.05) is 6.92 Å². The minimum Gasteiger partial charge on any atom is -0.383 e. The van der Waals surface area contributed by atoms with Crippen LogP contribution in [-0.2, 0) is 0 Å². The maximum Gasteiger partial charge on any atom is 0.135 e. The molecule has 1 heterocycles. The lowest BCUT2D eigenvalue weighted by molar-refractivity contribution is 0.867. The first kappa shape index (κ1) is 11.6. The van der Waals surface area contributed by atoms with Gasteiger partial charge in [0, 0.05) is 11.8 Å². The molecule has 3 heteroatoms. The molecule has 0 radical (unpaired) electrons. The van der Waals surface area contributed by atoms with E-state index >= 15 is 0 Å². The van der Waals surface area contributed by atoms with Crippen molar-refractivity contribution in [2.75, 3.05) is 5.73 Å². The molecule has 0 amide bonds. The van der Waals surface area contributed by atoms with E-state index in [4.69, 9.17) is 5.73 Å². The van der Waals surface area contributed by atoms with Crippen molar-refractivity contribution in [1.29, 1.82) is 0 Å². The Balaban J connectivity index is 2.40. The molecule has 0 atom stereocenters. The molecule has 88 valence electrons. The zero-order valence-corrected chi connectivity index (χ0v) is 10.4. The molecule has 1 aromatic carbocycles. The van der Waals surface area contributed by atoms with Crippen molar-refractivity contribution in [2.24, 2.45) is 0 Å². The van der Waals surface area contributed by atoms with E-state index in [-0.39, 0.29) is 0 Å². The van der Waals surface area contributed by atoms with Crippen molar-refractivity contribution in [2.45, 2.75) is 26.7 Å². The summed E-state index contributed by atoms with van der Waals surface area (Å²) in [5, 5.41) is 0. The van der Waals surface area contributed by atoms with Gasteiger partial charge in [0.2, 0.25) is 0 Å². The normalized spacial score (nSPS) is 10.8. The van der Waals surface area contributed by atoms with Crippen LogP contribution in [0.15, 0.2) is 30.5 Å². The highest BCUT2D eigenvalue weighted by Gasteiger charge is 2.05. The van der Waals surface area contributed by atoms with Crippen LogP contribution in [0.4, 0.5) is 5.82 Å². The number of nitrogen functional groups attached to an aromatic ring is 1. The van der Waals surface area contributed by atoms with Gasteiger partial charge in [0.25, 0.3) is 0 Å². The molecule has 2 N–H and O–H groups in total. The Labute approximate surface area is 102 Å². The number of nitrogens with zero attached hydrogens (tertiary/aromatic N) is 2. The predicted molar refractivity (Wildman–Crippen MR) is 70.7 cm³/mol. The van der Waals surface area contributed by atoms with Gasteiger partial charge < -0.3 is 5.73 Å². The summed E-state index contributed by atoms with van der Waals surface area (Å²) in [6.07, 6.45) is 1.78. The molecular formula is C14H17N3. The lowest BCUT2D eigenvalue weighted by Crippen LogP contribution is -1.98. The van der Waals surface area contributed by atoms with Crippen LogP contribution in [0.5, 0.6) is 0 Å². The van der Waals surface area contributed by atoms with E-state index < -0.39 is 0 Å². The Bertz CT molecular complexity index is 515. The molecule has 0 bridgehead atoms. The van der Waals surface area contributed by atoms with E-state index in [2.05, 4.69) is 48.1 Å². The van der Waals surface area contributed by atoms with Crippen molar-refractivity contribution in [1.82, 2.24) is 9.97 Å². The van der Waals surface area contributed by atoms with Crippen molar-refractivity contribution < 1.29 is 0 Å². The predicted octanol–water partition coefficient (Wildman–Crippen LogP) is 3.16. The number of hydrogen-bond donors (Lipinski definition) is 1. The van der Waals surface area contributed by atoms with E-state index in [0.29, 0.717) is 17.6 Å². The summed E-state index contributed by atoms with van der Waals surface area (Å²) in [4.78, 5) is 8.36. The molecule has 17 heavy (non-hydrogen) atoms. The Hall–Kier alpha value is -1.90.